The second-order valence-corrected chi connectivity index (χ2v) is 7.91. The fourth-order valence-electron chi connectivity index (χ4n) is 3.62. The van der Waals surface area contributed by atoms with Gasteiger partial charge in [-0.05, 0) is 24.3 Å². The second-order valence-electron chi connectivity index (χ2n) is 7.01. The lowest BCUT2D eigenvalue weighted by Crippen LogP contribution is -2.36. The highest BCUT2D eigenvalue weighted by molar-refractivity contribution is 7.13. The van der Waals surface area contributed by atoms with Gasteiger partial charge in [-0.25, -0.2) is 9.97 Å². The first-order chi connectivity index (χ1) is 14.8. The Morgan fingerprint density at radius 3 is 2.77 bits per heavy atom. The van der Waals surface area contributed by atoms with E-state index >= 15 is 0 Å². The SMILES string of the molecule is O=C(Nc1nccs1)c1cccc2ccc(-c3cccc(N4CCOCC4)c3)nc12. The van der Waals surface area contributed by atoms with Gasteiger partial charge in [0, 0.05) is 41.3 Å². The van der Waals surface area contributed by atoms with Gasteiger partial charge in [0.1, 0.15) is 0 Å². The van der Waals surface area contributed by atoms with Crippen LogP contribution in [0.4, 0.5) is 10.8 Å². The predicted molar refractivity (Wildman–Crippen MR) is 120 cm³/mol. The Hall–Kier alpha value is -3.29. The van der Waals surface area contributed by atoms with Crippen LogP contribution in [0.3, 0.4) is 0 Å². The minimum absolute atomic E-state index is 0.206. The van der Waals surface area contributed by atoms with Gasteiger partial charge in [0.2, 0.25) is 0 Å². The number of aromatic nitrogens is 2. The summed E-state index contributed by atoms with van der Waals surface area (Å²) in [4.78, 5) is 24.1. The Morgan fingerprint density at radius 1 is 1.07 bits per heavy atom. The molecular formula is C23H20N4O2S. The summed E-state index contributed by atoms with van der Waals surface area (Å²) in [6, 6.07) is 18.0. The third kappa shape index (κ3) is 3.77. The average Bonchev–Trinajstić information content (AvgIpc) is 3.32. The molecule has 2 aromatic carbocycles. The molecule has 0 atom stereocenters. The molecule has 30 heavy (non-hydrogen) atoms. The summed E-state index contributed by atoms with van der Waals surface area (Å²) >= 11 is 1.39. The first-order valence-electron chi connectivity index (χ1n) is 9.82. The number of nitrogens with zero attached hydrogens (tertiary/aromatic N) is 3. The lowest BCUT2D eigenvalue weighted by Gasteiger charge is -2.29. The number of hydrogen-bond acceptors (Lipinski definition) is 6. The number of anilines is 2. The molecule has 7 heteroatoms. The maximum Gasteiger partial charge on any atom is 0.259 e. The van der Waals surface area contributed by atoms with Crippen molar-refractivity contribution in [1.29, 1.82) is 0 Å². The second kappa shape index (κ2) is 8.22. The fourth-order valence-corrected chi connectivity index (χ4v) is 4.15. The summed E-state index contributed by atoms with van der Waals surface area (Å²) in [5.74, 6) is -0.206. The van der Waals surface area contributed by atoms with E-state index in [1.807, 2.05) is 35.7 Å². The van der Waals surface area contributed by atoms with Crippen LogP contribution >= 0.6 is 11.3 Å². The molecule has 2 aromatic heterocycles. The van der Waals surface area contributed by atoms with Crippen molar-refractivity contribution in [3.05, 3.63) is 71.7 Å². The number of benzene rings is 2. The number of fused-ring (bicyclic) bond motifs is 1. The van der Waals surface area contributed by atoms with E-state index in [0.717, 1.165) is 48.6 Å². The number of rotatable bonds is 4. The van der Waals surface area contributed by atoms with Gasteiger partial charge in [0.15, 0.2) is 5.13 Å². The number of thiazole rings is 1. The number of hydrogen-bond donors (Lipinski definition) is 1. The van der Waals surface area contributed by atoms with Crippen LogP contribution in [-0.4, -0.2) is 42.2 Å². The third-order valence-electron chi connectivity index (χ3n) is 5.14. The largest absolute Gasteiger partial charge is 0.378 e. The van der Waals surface area contributed by atoms with E-state index in [4.69, 9.17) is 9.72 Å². The molecule has 3 heterocycles. The van der Waals surface area contributed by atoms with E-state index in [2.05, 4.69) is 33.4 Å². The molecule has 5 rings (SSSR count). The van der Waals surface area contributed by atoms with E-state index in [1.54, 1.807) is 12.3 Å². The van der Waals surface area contributed by atoms with Crippen LogP contribution in [0, 0.1) is 0 Å². The zero-order chi connectivity index (χ0) is 20.3. The molecule has 0 bridgehead atoms. The van der Waals surface area contributed by atoms with Crippen molar-refractivity contribution >= 4 is 39.0 Å². The molecule has 0 saturated carbocycles. The van der Waals surface area contributed by atoms with E-state index in [1.165, 1.54) is 11.3 Å². The number of amides is 1. The van der Waals surface area contributed by atoms with Gasteiger partial charge in [0.25, 0.3) is 5.91 Å². The minimum Gasteiger partial charge on any atom is -0.378 e. The van der Waals surface area contributed by atoms with Crippen molar-refractivity contribution in [2.45, 2.75) is 0 Å². The first-order valence-corrected chi connectivity index (χ1v) is 10.7. The van der Waals surface area contributed by atoms with Gasteiger partial charge in [-0.3, -0.25) is 10.1 Å². The van der Waals surface area contributed by atoms with Gasteiger partial charge >= 0.3 is 0 Å². The van der Waals surface area contributed by atoms with Crippen molar-refractivity contribution in [1.82, 2.24) is 9.97 Å². The quantitative estimate of drug-likeness (QED) is 0.532. The van der Waals surface area contributed by atoms with Gasteiger partial charge in [-0.1, -0.05) is 30.3 Å². The summed E-state index contributed by atoms with van der Waals surface area (Å²) in [6.07, 6.45) is 1.67. The van der Waals surface area contributed by atoms with E-state index in [0.29, 0.717) is 16.2 Å². The summed E-state index contributed by atoms with van der Waals surface area (Å²) in [5, 5.41) is 6.18. The van der Waals surface area contributed by atoms with Gasteiger partial charge in [0.05, 0.1) is 30.0 Å². The zero-order valence-electron chi connectivity index (χ0n) is 16.2. The highest BCUT2D eigenvalue weighted by atomic mass is 32.1. The van der Waals surface area contributed by atoms with Crippen LogP contribution in [0.15, 0.2) is 66.2 Å². The Balaban J connectivity index is 1.51. The number of carbonyl (C=O) groups is 1. The summed E-state index contributed by atoms with van der Waals surface area (Å²) < 4.78 is 5.46. The highest BCUT2D eigenvalue weighted by Crippen LogP contribution is 2.27. The normalized spacial score (nSPS) is 14.1. The van der Waals surface area contributed by atoms with Crippen molar-refractivity contribution < 1.29 is 9.53 Å². The van der Waals surface area contributed by atoms with Crippen molar-refractivity contribution in [2.75, 3.05) is 36.5 Å². The van der Waals surface area contributed by atoms with Gasteiger partial charge < -0.3 is 9.64 Å². The van der Waals surface area contributed by atoms with Gasteiger partial charge in [-0.15, -0.1) is 11.3 Å². The number of carbonyl (C=O) groups excluding carboxylic acids is 1. The van der Waals surface area contributed by atoms with E-state index in [-0.39, 0.29) is 5.91 Å². The van der Waals surface area contributed by atoms with Crippen molar-refractivity contribution in [3.63, 3.8) is 0 Å². The molecule has 1 saturated heterocycles. The number of nitrogens with one attached hydrogen (secondary N) is 1. The molecule has 4 aromatic rings. The standard InChI is InChI=1S/C23H20N4O2S/c28-22(26-23-24-9-14-30-23)19-6-2-3-16-7-8-20(25-21(16)19)17-4-1-5-18(15-17)27-10-12-29-13-11-27/h1-9,14-15H,10-13H2,(H,24,26,28). The molecule has 0 aliphatic carbocycles. The fraction of sp³-hybridized carbons (Fsp3) is 0.174. The summed E-state index contributed by atoms with van der Waals surface area (Å²) in [7, 11) is 0. The monoisotopic (exact) mass is 416 g/mol. The molecule has 1 fully saturated rings. The molecule has 0 radical (unpaired) electrons. The molecular weight excluding hydrogens is 396 g/mol. The molecule has 150 valence electrons. The van der Waals surface area contributed by atoms with Crippen molar-refractivity contribution in [2.24, 2.45) is 0 Å². The van der Waals surface area contributed by atoms with Crippen LogP contribution in [0.5, 0.6) is 0 Å². The summed E-state index contributed by atoms with van der Waals surface area (Å²) in [5.41, 5.74) is 4.24. The molecule has 0 spiro atoms. The predicted octanol–water partition coefficient (Wildman–Crippen LogP) is 4.45. The van der Waals surface area contributed by atoms with Crippen LogP contribution in [0.25, 0.3) is 22.2 Å². The Bertz CT molecular complexity index is 1190. The first kappa shape index (κ1) is 18.7. The maximum absolute atomic E-state index is 12.8. The number of morpholine rings is 1. The van der Waals surface area contributed by atoms with Crippen LogP contribution in [0.2, 0.25) is 0 Å². The molecule has 0 unspecified atom stereocenters. The Kier molecular flexibility index (Phi) is 5.13. The van der Waals surface area contributed by atoms with Crippen LogP contribution < -0.4 is 10.2 Å². The molecule has 6 nitrogen and oxygen atoms in total. The van der Waals surface area contributed by atoms with E-state index in [9.17, 15) is 4.79 Å². The van der Waals surface area contributed by atoms with E-state index < -0.39 is 0 Å². The smallest absolute Gasteiger partial charge is 0.259 e. The summed E-state index contributed by atoms with van der Waals surface area (Å²) in [6.45, 7) is 3.26. The highest BCUT2D eigenvalue weighted by Gasteiger charge is 2.15. The number of ether oxygens (including phenoxy) is 1. The van der Waals surface area contributed by atoms with Gasteiger partial charge in [-0.2, -0.15) is 0 Å². The van der Waals surface area contributed by atoms with Crippen molar-refractivity contribution in [3.8, 4) is 11.3 Å². The topological polar surface area (TPSA) is 67.4 Å². The van der Waals surface area contributed by atoms with Crippen LogP contribution in [-0.2, 0) is 4.74 Å². The minimum atomic E-state index is -0.206. The number of pyridine rings is 1. The third-order valence-corrected chi connectivity index (χ3v) is 5.82. The average molecular weight is 417 g/mol. The molecule has 1 N–H and O–H groups in total. The molecule has 1 amide bonds. The Labute approximate surface area is 178 Å². The molecule has 1 aliphatic rings. The lowest BCUT2D eigenvalue weighted by molar-refractivity contribution is 0.102. The lowest BCUT2D eigenvalue weighted by atomic mass is 10.1. The van der Waals surface area contributed by atoms with Crippen LogP contribution in [0.1, 0.15) is 10.4 Å². The molecule has 1 aliphatic heterocycles. The number of para-hydroxylation sites is 1. The zero-order valence-corrected chi connectivity index (χ0v) is 17.1. The maximum atomic E-state index is 12.8. The Morgan fingerprint density at radius 2 is 1.93 bits per heavy atom.